The van der Waals surface area contributed by atoms with E-state index in [0.717, 1.165) is 0 Å². The number of hydrogen-bond donors (Lipinski definition) is 0. The maximum atomic E-state index is 2.47. The fraction of sp³-hybridized carbons (Fsp3) is 0.500. The Morgan fingerprint density at radius 2 is 1.11 bits per heavy atom. The van der Waals surface area contributed by atoms with Crippen LogP contribution in [0.5, 0.6) is 0 Å². The van der Waals surface area contributed by atoms with E-state index >= 15 is 0 Å². The van der Waals surface area contributed by atoms with Crippen molar-refractivity contribution in [2.75, 3.05) is 0 Å². The fourth-order valence-electron chi connectivity index (χ4n) is 3.62. The fourth-order valence-corrected chi connectivity index (χ4v) is 18.7. The van der Waals surface area contributed by atoms with Gasteiger partial charge in [-0.15, -0.1) is 0 Å². The standard InChI is InChI=1S/2C7H9.C2H4.2ClH.Zr/c2*1-6-4-3-5-7(6)2;1-2;;;/h2*4H,3H2,1-2H3;1-2H2;2*1H;/q;;;;;+2/p-2. The molecule has 0 N–H and O–H groups in total. The van der Waals surface area contributed by atoms with E-state index < -0.39 is 20.3 Å². The van der Waals surface area contributed by atoms with Gasteiger partial charge in [0.1, 0.15) is 0 Å². The molecule has 1 aliphatic heterocycles. The van der Waals surface area contributed by atoms with Gasteiger partial charge in [0, 0.05) is 0 Å². The van der Waals surface area contributed by atoms with Crippen LogP contribution in [0.4, 0.5) is 0 Å². The van der Waals surface area contributed by atoms with Crippen LogP contribution in [0.1, 0.15) is 40.5 Å². The molecule has 0 aromatic rings. The molecule has 0 bridgehead atoms. The topological polar surface area (TPSA) is 0 Å². The molecule has 0 unspecified atom stereocenters. The third-order valence-electron chi connectivity index (χ3n) is 5.22. The summed E-state index contributed by atoms with van der Waals surface area (Å²) in [6.07, 6.45) is 7.52. The third-order valence-corrected chi connectivity index (χ3v) is 17.4. The van der Waals surface area contributed by atoms with Gasteiger partial charge in [-0.3, -0.25) is 0 Å². The number of allylic oxidation sites excluding steroid dienone is 8. The largest absolute Gasteiger partial charge is 1.00 e. The van der Waals surface area contributed by atoms with Crippen molar-refractivity contribution in [3.05, 3.63) is 41.0 Å². The van der Waals surface area contributed by atoms with Gasteiger partial charge in [-0.2, -0.15) is 0 Å². The summed E-state index contributed by atoms with van der Waals surface area (Å²) < 4.78 is 7.07. The Hall–Kier alpha value is 0.423. The normalized spacial score (nSPS) is 22.1. The van der Waals surface area contributed by atoms with Crippen molar-refractivity contribution < 1.29 is 45.1 Å². The average molecular weight is 376 g/mol. The Morgan fingerprint density at radius 1 is 0.737 bits per heavy atom. The Kier molecular flexibility index (Phi) is 5.56. The van der Waals surface area contributed by atoms with Crippen molar-refractivity contribution in [1.82, 2.24) is 0 Å². The molecule has 3 heteroatoms. The third kappa shape index (κ3) is 2.64. The summed E-state index contributed by atoms with van der Waals surface area (Å²) in [5, 5.41) is 0. The molecule has 1 fully saturated rings. The van der Waals surface area contributed by atoms with E-state index in [1.54, 1.807) is 30.5 Å². The number of hydrogen-bond acceptors (Lipinski definition) is 0. The monoisotopic (exact) mass is 374 g/mol. The molecule has 0 spiro atoms. The second-order valence-corrected chi connectivity index (χ2v) is 16.7. The van der Waals surface area contributed by atoms with Crippen molar-refractivity contribution in [3.63, 3.8) is 0 Å². The molecule has 0 saturated carbocycles. The van der Waals surface area contributed by atoms with E-state index in [2.05, 4.69) is 39.8 Å². The zero-order chi connectivity index (χ0) is 12.2. The molecule has 0 nitrogen and oxygen atoms in total. The van der Waals surface area contributed by atoms with Gasteiger partial charge in [-0.25, -0.2) is 0 Å². The number of halogens is 2. The van der Waals surface area contributed by atoms with Crippen molar-refractivity contribution >= 4 is 0 Å². The first kappa shape index (κ1) is 17.5. The van der Waals surface area contributed by atoms with Gasteiger partial charge in [-0.1, -0.05) is 0 Å². The van der Waals surface area contributed by atoms with E-state index in [0.29, 0.717) is 0 Å². The van der Waals surface area contributed by atoms with Crippen LogP contribution in [-0.4, -0.2) is 0 Å². The second-order valence-electron chi connectivity index (χ2n) is 5.97. The molecule has 3 aliphatic rings. The van der Waals surface area contributed by atoms with E-state index in [-0.39, 0.29) is 24.8 Å². The van der Waals surface area contributed by atoms with Crippen LogP contribution < -0.4 is 24.8 Å². The Balaban J connectivity index is 0.000000902. The average Bonchev–Trinajstić information content (AvgIpc) is 2.93. The van der Waals surface area contributed by atoms with Crippen molar-refractivity contribution in [2.45, 2.75) is 48.8 Å². The van der Waals surface area contributed by atoms with E-state index in [4.69, 9.17) is 0 Å². The molecular weight excluding hydrogens is 354 g/mol. The van der Waals surface area contributed by atoms with Crippen molar-refractivity contribution in [2.24, 2.45) is 0 Å². The number of rotatable bonds is 2. The predicted octanol–water partition coefficient (Wildman–Crippen LogP) is -0.753. The molecule has 1 saturated heterocycles. The minimum atomic E-state index is -1.97. The summed E-state index contributed by atoms with van der Waals surface area (Å²) in [6, 6.07) is 0. The molecule has 0 amide bonds. The van der Waals surface area contributed by atoms with Crippen molar-refractivity contribution in [3.8, 4) is 0 Å². The Morgan fingerprint density at radius 3 is 1.32 bits per heavy atom. The molecule has 0 aromatic carbocycles. The predicted molar refractivity (Wildman–Crippen MR) is 71.8 cm³/mol. The smallest absolute Gasteiger partial charge is 1.00 e. The van der Waals surface area contributed by atoms with Gasteiger partial charge in [0.25, 0.3) is 0 Å². The molecule has 0 aromatic heterocycles. The van der Waals surface area contributed by atoms with E-state index in [1.807, 2.05) is 6.56 Å². The van der Waals surface area contributed by atoms with Gasteiger partial charge in [0.2, 0.25) is 0 Å². The van der Waals surface area contributed by atoms with Gasteiger partial charge >= 0.3 is 110 Å². The summed E-state index contributed by atoms with van der Waals surface area (Å²) in [7, 11) is 0. The zero-order valence-electron chi connectivity index (χ0n) is 12.2. The van der Waals surface area contributed by atoms with Crippen LogP contribution in [0.15, 0.2) is 41.0 Å². The SMILES string of the molecule is CC1=CC[C]([Zr+2]2([C]3=C(C)C(C)=CC3)[CH2][CH2]2)=C1C.[Cl-].[Cl-]. The summed E-state index contributed by atoms with van der Waals surface area (Å²) >= 11 is -1.97. The molecule has 0 radical (unpaired) electrons. The molecule has 2 aliphatic carbocycles. The first-order valence-electron chi connectivity index (χ1n) is 6.81. The first-order valence-corrected chi connectivity index (χ1v) is 12.7. The Labute approximate surface area is 134 Å². The molecule has 3 rings (SSSR count). The summed E-state index contributed by atoms with van der Waals surface area (Å²) in [5.74, 6) is 0. The molecular formula is C16H22Cl2Zr. The van der Waals surface area contributed by atoms with Gasteiger partial charge in [0.15, 0.2) is 0 Å². The minimum absolute atomic E-state index is 0. The first-order chi connectivity index (χ1) is 8.06. The Bertz CT molecular complexity index is 473. The maximum Gasteiger partial charge on any atom is -1.00 e. The summed E-state index contributed by atoms with van der Waals surface area (Å²) in [6.45, 7) is 9.33. The van der Waals surface area contributed by atoms with E-state index in [9.17, 15) is 0 Å². The van der Waals surface area contributed by atoms with Crippen LogP contribution in [0.3, 0.4) is 0 Å². The molecule has 0 atom stereocenters. The summed E-state index contributed by atoms with van der Waals surface area (Å²) in [4.78, 5) is 0. The van der Waals surface area contributed by atoms with Crippen LogP contribution in [-0.2, 0) is 20.3 Å². The van der Waals surface area contributed by atoms with Gasteiger partial charge < -0.3 is 24.8 Å². The zero-order valence-corrected chi connectivity index (χ0v) is 16.2. The summed E-state index contributed by atoms with van der Waals surface area (Å²) in [5.41, 5.74) is 6.46. The molecule has 19 heavy (non-hydrogen) atoms. The maximum absolute atomic E-state index is 2.47. The molecule has 104 valence electrons. The van der Waals surface area contributed by atoms with Crippen molar-refractivity contribution in [1.29, 1.82) is 0 Å². The minimum Gasteiger partial charge on any atom is -1.00 e. The quantitative estimate of drug-likeness (QED) is 0.595. The second kappa shape index (κ2) is 6.04. The molecule has 1 heterocycles. The van der Waals surface area contributed by atoms with E-state index in [1.165, 1.54) is 12.8 Å². The van der Waals surface area contributed by atoms with Gasteiger partial charge in [-0.05, 0) is 0 Å². The van der Waals surface area contributed by atoms with Gasteiger partial charge in [0.05, 0.1) is 0 Å². The van der Waals surface area contributed by atoms with Crippen LogP contribution >= 0.6 is 0 Å². The van der Waals surface area contributed by atoms with Crippen LogP contribution in [0.25, 0.3) is 0 Å². The van der Waals surface area contributed by atoms with Crippen LogP contribution in [0, 0.1) is 0 Å². The van der Waals surface area contributed by atoms with Crippen LogP contribution in [0.2, 0.25) is 8.26 Å².